The molecule has 4 nitrogen and oxygen atoms in total. The second kappa shape index (κ2) is 3.78. The van der Waals surface area contributed by atoms with Gasteiger partial charge in [-0.3, -0.25) is 0 Å². The number of rotatable bonds is 2. The van der Waals surface area contributed by atoms with E-state index in [1.54, 1.807) is 0 Å². The van der Waals surface area contributed by atoms with Crippen LogP contribution in [0.5, 0.6) is 0 Å². The van der Waals surface area contributed by atoms with Crippen LogP contribution in [-0.4, -0.2) is 20.7 Å². The van der Waals surface area contributed by atoms with E-state index in [2.05, 4.69) is 9.59 Å². The Hall–Kier alpha value is -1.75. The van der Waals surface area contributed by atoms with E-state index >= 15 is 0 Å². The molecular formula is C10H8N2O2S. The van der Waals surface area contributed by atoms with Crippen molar-refractivity contribution in [2.24, 2.45) is 0 Å². The average Bonchev–Trinajstić information content (AvgIpc) is 2.65. The molecule has 0 saturated carbocycles. The van der Waals surface area contributed by atoms with Crippen molar-refractivity contribution in [2.45, 2.75) is 6.92 Å². The Morgan fingerprint density at radius 3 is 2.93 bits per heavy atom. The highest BCUT2D eigenvalue weighted by Gasteiger charge is 2.16. The number of carboxylic acids is 1. The van der Waals surface area contributed by atoms with Crippen molar-refractivity contribution in [3.63, 3.8) is 0 Å². The molecule has 0 atom stereocenters. The molecule has 0 bridgehead atoms. The Balaban J connectivity index is 2.54. The number of aromatic carboxylic acids is 1. The van der Waals surface area contributed by atoms with E-state index in [0.717, 1.165) is 22.7 Å². The zero-order chi connectivity index (χ0) is 10.8. The summed E-state index contributed by atoms with van der Waals surface area (Å²) >= 11 is 0.898. The lowest BCUT2D eigenvalue weighted by molar-refractivity contribution is 0.0702. The summed E-state index contributed by atoms with van der Waals surface area (Å²) in [6.45, 7) is 1.95. The largest absolute Gasteiger partial charge is 0.477 e. The van der Waals surface area contributed by atoms with Crippen molar-refractivity contribution in [3.8, 4) is 11.3 Å². The Labute approximate surface area is 90.4 Å². The third kappa shape index (κ3) is 1.87. The van der Waals surface area contributed by atoms with Crippen LogP contribution in [0.25, 0.3) is 11.3 Å². The molecule has 0 fully saturated rings. The van der Waals surface area contributed by atoms with Crippen molar-refractivity contribution in [3.05, 3.63) is 34.7 Å². The van der Waals surface area contributed by atoms with Crippen LogP contribution in [0.3, 0.4) is 0 Å². The number of nitrogens with zero attached hydrogens (tertiary/aromatic N) is 2. The molecular weight excluding hydrogens is 212 g/mol. The molecule has 1 aromatic carbocycles. The number of carbonyl (C=O) groups is 1. The van der Waals surface area contributed by atoms with Crippen LogP contribution < -0.4 is 0 Å². The predicted octanol–water partition coefficient (Wildman–Crippen LogP) is 2.21. The van der Waals surface area contributed by atoms with Crippen molar-refractivity contribution < 1.29 is 9.90 Å². The molecule has 2 aromatic rings. The molecule has 15 heavy (non-hydrogen) atoms. The van der Waals surface area contributed by atoms with Gasteiger partial charge in [0.25, 0.3) is 0 Å². The fraction of sp³-hybridized carbons (Fsp3) is 0.100. The summed E-state index contributed by atoms with van der Waals surface area (Å²) in [7, 11) is 0. The fourth-order valence-electron chi connectivity index (χ4n) is 1.31. The lowest BCUT2D eigenvalue weighted by atomic mass is 10.1. The van der Waals surface area contributed by atoms with Gasteiger partial charge in [-0.2, -0.15) is 0 Å². The van der Waals surface area contributed by atoms with E-state index in [1.807, 2.05) is 31.2 Å². The van der Waals surface area contributed by atoms with E-state index in [9.17, 15) is 4.79 Å². The van der Waals surface area contributed by atoms with Crippen molar-refractivity contribution in [2.75, 3.05) is 0 Å². The van der Waals surface area contributed by atoms with E-state index < -0.39 is 5.97 Å². The van der Waals surface area contributed by atoms with E-state index in [0.29, 0.717) is 5.69 Å². The standard InChI is InChI=1S/C10H8N2O2S/c1-6-3-2-4-7(5-6)8-9(10(13)14)15-12-11-8/h2-5H,1H3,(H,13,14). The maximum atomic E-state index is 10.9. The molecule has 1 N–H and O–H groups in total. The van der Waals surface area contributed by atoms with Gasteiger partial charge < -0.3 is 5.11 Å². The molecule has 0 aliphatic carbocycles. The van der Waals surface area contributed by atoms with Gasteiger partial charge in [0, 0.05) is 5.56 Å². The number of aryl methyl sites for hydroxylation is 1. The molecule has 0 spiro atoms. The SMILES string of the molecule is Cc1cccc(-c2nnsc2C(=O)O)c1. The molecule has 0 aliphatic heterocycles. The molecule has 5 heteroatoms. The second-order valence-corrected chi connectivity index (χ2v) is 3.88. The highest BCUT2D eigenvalue weighted by Crippen LogP contribution is 2.24. The lowest BCUT2D eigenvalue weighted by Gasteiger charge is -1.98. The zero-order valence-corrected chi connectivity index (χ0v) is 8.78. The second-order valence-electron chi connectivity index (χ2n) is 3.13. The first kappa shape index (κ1) is 9.79. The molecule has 1 aromatic heterocycles. The van der Waals surface area contributed by atoms with Gasteiger partial charge in [-0.15, -0.1) is 5.10 Å². The van der Waals surface area contributed by atoms with Crippen molar-refractivity contribution >= 4 is 17.5 Å². The molecule has 0 amide bonds. The van der Waals surface area contributed by atoms with Crippen molar-refractivity contribution in [1.29, 1.82) is 0 Å². The summed E-state index contributed by atoms with van der Waals surface area (Å²) in [4.78, 5) is 11.1. The molecule has 0 unspecified atom stereocenters. The molecule has 0 saturated heterocycles. The quantitative estimate of drug-likeness (QED) is 0.842. The average molecular weight is 220 g/mol. The number of hydrogen-bond acceptors (Lipinski definition) is 4. The highest BCUT2D eigenvalue weighted by atomic mass is 32.1. The van der Waals surface area contributed by atoms with Gasteiger partial charge in [0.2, 0.25) is 0 Å². The predicted molar refractivity (Wildman–Crippen MR) is 57.0 cm³/mol. The molecule has 1 heterocycles. The maximum absolute atomic E-state index is 10.9. The fourth-order valence-corrected chi connectivity index (χ4v) is 1.84. The summed E-state index contributed by atoms with van der Waals surface area (Å²) in [5.41, 5.74) is 2.30. The third-order valence-electron chi connectivity index (χ3n) is 1.97. The van der Waals surface area contributed by atoms with Crippen LogP contribution in [0, 0.1) is 6.92 Å². The first-order valence-corrected chi connectivity index (χ1v) is 5.08. The van der Waals surface area contributed by atoms with Gasteiger partial charge in [0.1, 0.15) is 5.69 Å². The summed E-state index contributed by atoms with van der Waals surface area (Å²) in [6, 6.07) is 7.54. The van der Waals surface area contributed by atoms with Crippen molar-refractivity contribution in [1.82, 2.24) is 9.59 Å². The van der Waals surface area contributed by atoms with E-state index in [1.165, 1.54) is 0 Å². The van der Waals surface area contributed by atoms with Crippen LogP contribution in [0.2, 0.25) is 0 Å². The maximum Gasteiger partial charge on any atom is 0.349 e. The molecule has 0 aliphatic rings. The summed E-state index contributed by atoms with van der Waals surface area (Å²) in [6.07, 6.45) is 0. The van der Waals surface area contributed by atoms with E-state index in [-0.39, 0.29) is 4.88 Å². The Morgan fingerprint density at radius 2 is 2.27 bits per heavy atom. The van der Waals surface area contributed by atoms with Crippen LogP contribution in [-0.2, 0) is 0 Å². The number of benzene rings is 1. The minimum atomic E-state index is -0.985. The number of carboxylic acid groups (broad SMARTS) is 1. The Bertz CT molecular complexity index is 508. The Kier molecular flexibility index (Phi) is 2.47. The van der Waals surface area contributed by atoms with Gasteiger partial charge in [-0.25, -0.2) is 4.79 Å². The van der Waals surface area contributed by atoms with Crippen LogP contribution in [0.1, 0.15) is 15.2 Å². The number of aromatic nitrogens is 2. The summed E-state index contributed by atoms with van der Waals surface area (Å²) in [5, 5.41) is 12.8. The highest BCUT2D eigenvalue weighted by molar-refractivity contribution is 7.08. The molecule has 2 rings (SSSR count). The molecule has 0 radical (unpaired) electrons. The lowest BCUT2D eigenvalue weighted by Crippen LogP contribution is -1.95. The summed E-state index contributed by atoms with van der Waals surface area (Å²) in [5.74, 6) is -0.985. The minimum absolute atomic E-state index is 0.181. The van der Waals surface area contributed by atoms with Crippen LogP contribution in [0.15, 0.2) is 24.3 Å². The van der Waals surface area contributed by atoms with Gasteiger partial charge >= 0.3 is 5.97 Å². The zero-order valence-electron chi connectivity index (χ0n) is 7.97. The van der Waals surface area contributed by atoms with E-state index in [4.69, 9.17) is 5.11 Å². The smallest absolute Gasteiger partial charge is 0.349 e. The van der Waals surface area contributed by atoms with Gasteiger partial charge in [-0.1, -0.05) is 28.3 Å². The topological polar surface area (TPSA) is 63.1 Å². The van der Waals surface area contributed by atoms with Gasteiger partial charge in [0.15, 0.2) is 4.88 Å². The first-order valence-electron chi connectivity index (χ1n) is 4.31. The Morgan fingerprint density at radius 1 is 1.47 bits per heavy atom. The number of hydrogen-bond donors (Lipinski definition) is 1. The first-order chi connectivity index (χ1) is 7.18. The summed E-state index contributed by atoms with van der Waals surface area (Å²) < 4.78 is 3.66. The van der Waals surface area contributed by atoms with Gasteiger partial charge in [-0.05, 0) is 24.5 Å². The third-order valence-corrected chi connectivity index (χ3v) is 2.69. The van der Waals surface area contributed by atoms with Crippen LogP contribution >= 0.6 is 11.5 Å². The normalized spacial score (nSPS) is 10.2. The minimum Gasteiger partial charge on any atom is -0.477 e. The monoisotopic (exact) mass is 220 g/mol. The van der Waals surface area contributed by atoms with Gasteiger partial charge in [0.05, 0.1) is 0 Å². The molecule has 76 valence electrons. The van der Waals surface area contributed by atoms with Crippen LogP contribution in [0.4, 0.5) is 0 Å².